The van der Waals surface area contributed by atoms with Crippen LogP contribution in [0.3, 0.4) is 0 Å². The fraction of sp³-hybridized carbons (Fsp3) is 0.118. The Morgan fingerprint density at radius 2 is 1.47 bits per heavy atom. The molecule has 0 atom stereocenters. The zero-order valence-electron chi connectivity index (χ0n) is 10.6. The first-order valence-corrected chi connectivity index (χ1v) is 6.28. The van der Waals surface area contributed by atoms with Gasteiger partial charge in [0.2, 0.25) is 0 Å². The van der Waals surface area contributed by atoms with Crippen molar-refractivity contribution < 1.29 is 9.90 Å². The van der Waals surface area contributed by atoms with E-state index in [9.17, 15) is 4.79 Å². The molecule has 0 unspecified atom stereocenters. The highest BCUT2D eigenvalue weighted by Crippen LogP contribution is 2.10. The van der Waals surface area contributed by atoms with Crippen LogP contribution in [0.4, 0.5) is 0 Å². The molecule has 0 fully saturated rings. The SMILES string of the molecule is O=C(O)CCc1ccc(/C=C\c2ccccc2)cc1. The molecular formula is C17H16O2. The molecule has 2 rings (SSSR count). The summed E-state index contributed by atoms with van der Waals surface area (Å²) in [5, 5.41) is 8.63. The van der Waals surface area contributed by atoms with E-state index in [2.05, 4.69) is 24.3 Å². The monoisotopic (exact) mass is 252 g/mol. The van der Waals surface area contributed by atoms with Gasteiger partial charge in [0, 0.05) is 6.42 Å². The maximum Gasteiger partial charge on any atom is 0.303 e. The summed E-state index contributed by atoms with van der Waals surface area (Å²) in [5.41, 5.74) is 3.33. The van der Waals surface area contributed by atoms with Crippen LogP contribution in [-0.4, -0.2) is 11.1 Å². The van der Waals surface area contributed by atoms with Gasteiger partial charge in [-0.2, -0.15) is 0 Å². The van der Waals surface area contributed by atoms with Gasteiger partial charge in [-0.05, 0) is 23.1 Å². The quantitative estimate of drug-likeness (QED) is 0.820. The van der Waals surface area contributed by atoms with Crippen LogP contribution in [-0.2, 0) is 11.2 Å². The van der Waals surface area contributed by atoms with Crippen LogP contribution < -0.4 is 0 Å². The standard InChI is InChI=1S/C17H16O2/c18-17(19)13-12-16-10-8-15(9-11-16)7-6-14-4-2-1-3-5-14/h1-11H,12-13H2,(H,18,19)/b7-6-. The number of hydrogen-bond acceptors (Lipinski definition) is 1. The zero-order chi connectivity index (χ0) is 13.5. The lowest BCUT2D eigenvalue weighted by Crippen LogP contribution is -1.97. The Balaban J connectivity index is 1.99. The van der Waals surface area contributed by atoms with Gasteiger partial charge in [-0.15, -0.1) is 0 Å². The second-order valence-electron chi connectivity index (χ2n) is 4.38. The van der Waals surface area contributed by atoms with E-state index in [0.717, 1.165) is 16.7 Å². The minimum atomic E-state index is -0.756. The second kappa shape index (κ2) is 6.55. The minimum Gasteiger partial charge on any atom is -0.481 e. The smallest absolute Gasteiger partial charge is 0.303 e. The summed E-state index contributed by atoms with van der Waals surface area (Å²) in [4.78, 5) is 10.5. The van der Waals surface area contributed by atoms with Crippen LogP contribution >= 0.6 is 0 Å². The molecule has 1 N–H and O–H groups in total. The van der Waals surface area contributed by atoms with Crippen molar-refractivity contribution in [3.8, 4) is 0 Å². The lowest BCUT2D eigenvalue weighted by Gasteiger charge is -1.99. The average molecular weight is 252 g/mol. The van der Waals surface area contributed by atoms with E-state index in [0.29, 0.717) is 6.42 Å². The zero-order valence-corrected chi connectivity index (χ0v) is 10.6. The third-order valence-electron chi connectivity index (χ3n) is 2.88. The highest BCUT2D eigenvalue weighted by molar-refractivity contribution is 5.69. The number of carboxylic acids is 1. The molecule has 0 bridgehead atoms. The van der Waals surface area contributed by atoms with Crippen LogP contribution in [0.1, 0.15) is 23.1 Å². The van der Waals surface area contributed by atoms with Crippen LogP contribution in [0, 0.1) is 0 Å². The van der Waals surface area contributed by atoms with E-state index < -0.39 is 5.97 Å². The van der Waals surface area contributed by atoms with E-state index in [1.165, 1.54) is 0 Å². The van der Waals surface area contributed by atoms with Crippen molar-refractivity contribution in [3.63, 3.8) is 0 Å². The number of rotatable bonds is 5. The lowest BCUT2D eigenvalue weighted by molar-refractivity contribution is -0.136. The molecule has 0 saturated heterocycles. The van der Waals surface area contributed by atoms with E-state index in [1.54, 1.807) is 0 Å². The van der Waals surface area contributed by atoms with E-state index >= 15 is 0 Å². The van der Waals surface area contributed by atoms with Crippen molar-refractivity contribution in [1.82, 2.24) is 0 Å². The first-order chi connectivity index (χ1) is 9.24. The normalized spacial score (nSPS) is 10.7. The van der Waals surface area contributed by atoms with Crippen LogP contribution in [0.2, 0.25) is 0 Å². The highest BCUT2D eigenvalue weighted by Gasteiger charge is 1.98. The maximum atomic E-state index is 10.5. The van der Waals surface area contributed by atoms with Crippen molar-refractivity contribution in [2.75, 3.05) is 0 Å². The predicted octanol–water partition coefficient (Wildman–Crippen LogP) is 3.87. The molecule has 0 amide bonds. The Morgan fingerprint density at radius 3 is 2.05 bits per heavy atom. The number of aliphatic carboxylic acids is 1. The lowest BCUT2D eigenvalue weighted by atomic mass is 10.1. The Hall–Kier alpha value is -2.35. The topological polar surface area (TPSA) is 37.3 Å². The van der Waals surface area contributed by atoms with Crippen molar-refractivity contribution >= 4 is 18.1 Å². The number of carboxylic acid groups (broad SMARTS) is 1. The first kappa shape index (κ1) is 13.1. The highest BCUT2D eigenvalue weighted by atomic mass is 16.4. The van der Waals surface area contributed by atoms with Gasteiger partial charge in [0.1, 0.15) is 0 Å². The molecule has 2 aromatic rings. The summed E-state index contributed by atoms with van der Waals surface area (Å²) < 4.78 is 0. The molecule has 0 aliphatic rings. The summed E-state index contributed by atoms with van der Waals surface area (Å²) in [6.07, 6.45) is 4.87. The third kappa shape index (κ3) is 4.43. The molecule has 2 nitrogen and oxygen atoms in total. The Labute approximate surface area is 113 Å². The number of carbonyl (C=O) groups is 1. The largest absolute Gasteiger partial charge is 0.481 e. The van der Waals surface area contributed by atoms with Crippen LogP contribution in [0.25, 0.3) is 12.2 Å². The van der Waals surface area contributed by atoms with Gasteiger partial charge in [-0.1, -0.05) is 66.7 Å². The minimum absolute atomic E-state index is 0.180. The Bertz CT molecular complexity index is 554. The molecule has 0 spiro atoms. The van der Waals surface area contributed by atoms with Gasteiger partial charge in [0.25, 0.3) is 0 Å². The van der Waals surface area contributed by atoms with Gasteiger partial charge in [-0.3, -0.25) is 4.79 Å². The van der Waals surface area contributed by atoms with Gasteiger partial charge < -0.3 is 5.11 Å². The molecule has 0 radical (unpaired) electrons. The summed E-state index contributed by atoms with van der Waals surface area (Å²) in [7, 11) is 0. The molecule has 0 saturated carbocycles. The first-order valence-electron chi connectivity index (χ1n) is 6.28. The third-order valence-corrected chi connectivity index (χ3v) is 2.88. The van der Waals surface area contributed by atoms with Gasteiger partial charge in [0.15, 0.2) is 0 Å². The van der Waals surface area contributed by atoms with E-state index in [1.807, 2.05) is 42.5 Å². The second-order valence-corrected chi connectivity index (χ2v) is 4.38. The van der Waals surface area contributed by atoms with Crippen molar-refractivity contribution in [3.05, 3.63) is 71.3 Å². The van der Waals surface area contributed by atoms with Crippen molar-refractivity contribution in [2.24, 2.45) is 0 Å². The predicted molar refractivity (Wildman–Crippen MR) is 77.8 cm³/mol. The fourth-order valence-corrected chi connectivity index (χ4v) is 1.80. The van der Waals surface area contributed by atoms with Crippen molar-refractivity contribution in [1.29, 1.82) is 0 Å². The summed E-state index contributed by atoms with van der Waals surface area (Å²) in [6, 6.07) is 18.1. The van der Waals surface area contributed by atoms with E-state index in [4.69, 9.17) is 5.11 Å². The number of hydrogen-bond donors (Lipinski definition) is 1. The van der Waals surface area contributed by atoms with Gasteiger partial charge in [-0.25, -0.2) is 0 Å². The molecular weight excluding hydrogens is 236 g/mol. The summed E-state index contributed by atoms with van der Waals surface area (Å²) in [6.45, 7) is 0. The molecule has 2 aromatic carbocycles. The average Bonchev–Trinajstić information content (AvgIpc) is 2.45. The molecule has 96 valence electrons. The van der Waals surface area contributed by atoms with Crippen LogP contribution in [0.5, 0.6) is 0 Å². The van der Waals surface area contributed by atoms with E-state index in [-0.39, 0.29) is 6.42 Å². The molecule has 2 heteroatoms. The summed E-state index contributed by atoms with van der Waals surface area (Å²) in [5.74, 6) is -0.756. The maximum absolute atomic E-state index is 10.5. The molecule has 0 heterocycles. The Kier molecular flexibility index (Phi) is 4.51. The van der Waals surface area contributed by atoms with Gasteiger partial charge >= 0.3 is 5.97 Å². The Morgan fingerprint density at radius 1 is 0.895 bits per heavy atom. The van der Waals surface area contributed by atoms with Gasteiger partial charge in [0.05, 0.1) is 0 Å². The number of benzene rings is 2. The summed E-state index contributed by atoms with van der Waals surface area (Å²) >= 11 is 0. The van der Waals surface area contributed by atoms with Crippen molar-refractivity contribution in [2.45, 2.75) is 12.8 Å². The fourth-order valence-electron chi connectivity index (χ4n) is 1.80. The molecule has 0 aliphatic heterocycles. The molecule has 19 heavy (non-hydrogen) atoms. The van der Waals surface area contributed by atoms with Crippen LogP contribution in [0.15, 0.2) is 54.6 Å². The number of aryl methyl sites for hydroxylation is 1. The molecule has 0 aromatic heterocycles. The molecule has 0 aliphatic carbocycles.